The summed E-state index contributed by atoms with van der Waals surface area (Å²) in [6, 6.07) is 6.81. The number of unbranched alkanes of at least 4 members (excludes halogenated alkanes) is 1. The average molecular weight is 692 g/mol. The molecular formula is C38H57N7O5. The van der Waals surface area contributed by atoms with Crippen molar-refractivity contribution in [3.8, 4) is 0 Å². The first-order valence-electron chi connectivity index (χ1n) is 19.0. The van der Waals surface area contributed by atoms with Crippen LogP contribution < -0.4 is 10.6 Å². The minimum atomic E-state index is -0.945. The van der Waals surface area contributed by atoms with Gasteiger partial charge in [-0.05, 0) is 69.6 Å². The summed E-state index contributed by atoms with van der Waals surface area (Å²) in [5.41, 5.74) is 3.69. The van der Waals surface area contributed by atoms with Crippen LogP contribution in [0.4, 0.5) is 0 Å². The van der Waals surface area contributed by atoms with Crippen LogP contribution in [0.1, 0.15) is 104 Å². The van der Waals surface area contributed by atoms with E-state index in [9.17, 15) is 19.5 Å². The Balaban J connectivity index is 1.18. The molecule has 4 heterocycles. The van der Waals surface area contributed by atoms with Gasteiger partial charge in [-0.1, -0.05) is 44.7 Å². The quantitative estimate of drug-likeness (QED) is 0.266. The average Bonchev–Trinajstić information content (AvgIpc) is 3.48. The number of benzene rings is 1. The van der Waals surface area contributed by atoms with Gasteiger partial charge in [-0.25, -0.2) is 0 Å². The zero-order chi connectivity index (χ0) is 35.3. The Kier molecular flexibility index (Phi) is 11.9. The molecular weight excluding hydrogens is 634 g/mol. The van der Waals surface area contributed by atoms with E-state index in [1.54, 1.807) is 0 Å². The predicted molar refractivity (Wildman–Crippen MR) is 191 cm³/mol. The lowest BCUT2D eigenvalue weighted by Gasteiger charge is -2.53. The molecule has 12 nitrogen and oxygen atoms in total. The fourth-order valence-corrected chi connectivity index (χ4v) is 8.70. The fourth-order valence-electron chi connectivity index (χ4n) is 8.70. The zero-order valence-electron chi connectivity index (χ0n) is 30.2. The molecule has 0 radical (unpaired) electrons. The second-order valence-corrected chi connectivity index (χ2v) is 14.8. The van der Waals surface area contributed by atoms with Crippen molar-refractivity contribution in [2.24, 2.45) is 5.92 Å². The van der Waals surface area contributed by atoms with Gasteiger partial charge in [0.2, 0.25) is 11.8 Å². The summed E-state index contributed by atoms with van der Waals surface area (Å²) in [5.74, 6) is -0.328. The number of H-pyrrole nitrogens is 1. The number of aromatic nitrogens is 2. The molecule has 3 atom stereocenters. The minimum Gasteiger partial charge on any atom is -0.390 e. The molecule has 0 bridgehead atoms. The highest BCUT2D eigenvalue weighted by molar-refractivity contribution is 6.00. The summed E-state index contributed by atoms with van der Waals surface area (Å²) in [4.78, 5) is 47.8. The van der Waals surface area contributed by atoms with Gasteiger partial charge in [-0.3, -0.25) is 29.3 Å². The number of aliphatic hydroxyl groups is 1. The maximum absolute atomic E-state index is 14.2. The van der Waals surface area contributed by atoms with E-state index in [4.69, 9.17) is 4.74 Å². The van der Waals surface area contributed by atoms with Gasteiger partial charge in [0.05, 0.1) is 31.1 Å². The van der Waals surface area contributed by atoms with Gasteiger partial charge in [0, 0.05) is 62.6 Å². The fraction of sp³-hybridized carbons (Fsp3) is 0.684. The molecule has 1 aromatic heterocycles. The number of nitrogens with one attached hydrogen (secondary N) is 3. The Morgan fingerprint density at radius 2 is 1.74 bits per heavy atom. The molecule has 50 heavy (non-hydrogen) atoms. The van der Waals surface area contributed by atoms with Gasteiger partial charge < -0.3 is 25.4 Å². The van der Waals surface area contributed by atoms with E-state index in [0.717, 1.165) is 100 Å². The van der Waals surface area contributed by atoms with Crippen LogP contribution in [0, 0.1) is 19.8 Å². The van der Waals surface area contributed by atoms with Crippen molar-refractivity contribution in [3.63, 3.8) is 0 Å². The molecule has 1 unspecified atom stereocenters. The van der Waals surface area contributed by atoms with Crippen molar-refractivity contribution in [1.82, 2.24) is 35.5 Å². The van der Waals surface area contributed by atoms with Crippen LogP contribution >= 0.6 is 0 Å². The standard InChI is InChI=1S/C38H57N7O5/c1-4-5-18-45-36(48)32(34(46)29-9-7-6-8-10-29)40-37(49)38(45)15-19-44(20-16-38)33(31-26(2)41-42-27(31)3)28-11-13-30(14-12-28)35(47)39-17-21-43-22-24-50-25-23-43/h11-14,29,32-34,46H,4-10,15-25H2,1-3H3,(H,39,47)(H,40,49)(H,41,42)/t32-,33?,34-/m1/s1. The Hall–Kier alpha value is -3.32. The molecule has 4 aliphatic rings. The molecule has 1 spiro atoms. The third kappa shape index (κ3) is 7.63. The van der Waals surface area contributed by atoms with Gasteiger partial charge in [-0.2, -0.15) is 5.10 Å². The first-order chi connectivity index (χ1) is 24.2. The van der Waals surface area contributed by atoms with E-state index >= 15 is 0 Å². The molecule has 3 amide bonds. The number of aryl methyl sites for hydroxylation is 2. The number of likely N-dealkylation sites (tertiary alicyclic amines) is 1. The second kappa shape index (κ2) is 16.4. The van der Waals surface area contributed by atoms with Crippen LogP contribution in [0.2, 0.25) is 0 Å². The molecule has 12 heteroatoms. The highest BCUT2D eigenvalue weighted by atomic mass is 16.5. The molecule has 274 valence electrons. The maximum atomic E-state index is 14.2. The first-order valence-corrected chi connectivity index (χ1v) is 19.0. The number of carbonyl (C=O) groups is 3. The van der Waals surface area contributed by atoms with Crippen molar-refractivity contribution >= 4 is 17.7 Å². The van der Waals surface area contributed by atoms with Crippen LogP contribution in [0.5, 0.6) is 0 Å². The largest absolute Gasteiger partial charge is 0.390 e. The van der Waals surface area contributed by atoms with Gasteiger partial charge >= 0.3 is 0 Å². The normalized spacial score (nSPS) is 23.5. The molecule has 4 fully saturated rings. The van der Waals surface area contributed by atoms with Crippen LogP contribution in [0.15, 0.2) is 24.3 Å². The number of piperidine rings is 1. The van der Waals surface area contributed by atoms with Crippen molar-refractivity contribution < 1.29 is 24.2 Å². The molecule has 1 aromatic carbocycles. The highest BCUT2D eigenvalue weighted by Crippen LogP contribution is 2.40. The van der Waals surface area contributed by atoms with Crippen molar-refractivity contribution in [1.29, 1.82) is 0 Å². The van der Waals surface area contributed by atoms with E-state index in [-0.39, 0.29) is 29.7 Å². The number of nitrogens with zero attached hydrogens (tertiary/aromatic N) is 4. The molecule has 1 aliphatic carbocycles. The van der Waals surface area contributed by atoms with Crippen molar-refractivity contribution in [2.45, 2.75) is 102 Å². The van der Waals surface area contributed by atoms with Gasteiger partial charge in [0.1, 0.15) is 11.6 Å². The zero-order valence-corrected chi connectivity index (χ0v) is 30.2. The maximum Gasteiger partial charge on any atom is 0.251 e. The van der Waals surface area contributed by atoms with E-state index in [0.29, 0.717) is 44.6 Å². The van der Waals surface area contributed by atoms with Gasteiger partial charge in [0.25, 0.3) is 5.91 Å². The van der Waals surface area contributed by atoms with Crippen LogP contribution in [-0.2, 0) is 14.3 Å². The summed E-state index contributed by atoms with van der Waals surface area (Å²) in [6.45, 7) is 12.5. The van der Waals surface area contributed by atoms with Crippen LogP contribution in [-0.4, -0.2) is 124 Å². The number of ether oxygens (including phenoxy) is 1. The first kappa shape index (κ1) is 36.5. The number of aromatic amines is 1. The molecule has 1 saturated carbocycles. The summed E-state index contributed by atoms with van der Waals surface area (Å²) in [6.07, 6.45) is 6.90. The monoisotopic (exact) mass is 691 g/mol. The number of amides is 3. The SMILES string of the molecule is CCCCN1C(=O)[C@@H]([C@H](O)C2CCCCC2)NC(=O)C12CCN(C(c1ccc(C(=O)NCCN3CCOCC3)cc1)c1c(C)n[nH]c1C)CC2. The molecule has 3 saturated heterocycles. The van der Waals surface area contributed by atoms with E-state index < -0.39 is 17.7 Å². The highest BCUT2D eigenvalue weighted by Gasteiger charge is 2.55. The topological polar surface area (TPSA) is 143 Å². The number of hydrogen-bond acceptors (Lipinski definition) is 8. The number of rotatable bonds is 12. The summed E-state index contributed by atoms with van der Waals surface area (Å²) in [5, 5.41) is 25.1. The molecule has 2 aromatic rings. The number of piperazine rings is 1. The summed E-state index contributed by atoms with van der Waals surface area (Å²) in [7, 11) is 0. The van der Waals surface area contributed by atoms with Crippen LogP contribution in [0.3, 0.4) is 0 Å². The van der Waals surface area contributed by atoms with Crippen molar-refractivity contribution in [2.75, 3.05) is 59.0 Å². The number of hydrogen-bond donors (Lipinski definition) is 4. The minimum absolute atomic E-state index is 0.0386. The number of morpholine rings is 1. The van der Waals surface area contributed by atoms with Gasteiger partial charge in [-0.15, -0.1) is 0 Å². The Morgan fingerprint density at radius 3 is 2.38 bits per heavy atom. The lowest BCUT2D eigenvalue weighted by atomic mass is 9.77. The Bertz CT molecular complexity index is 1440. The third-order valence-electron chi connectivity index (χ3n) is 11.7. The van der Waals surface area contributed by atoms with E-state index in [1.165, 1.54) is 0 Å². The number of carbonyl (C=O) groups excluding carboxylic acids is 3. The van der Waals surface area contributed by atoms with Gasteiger partial charge in [0.15, 0.2) is 0 Å². The van der Waals surface area contributed by atoms with Crippen LogP contribution in [0.25, 0.3) is 0 Å². The lowest BCUT2D eigenvalue weighted by Crippen LogP contribution is -2.75. The lowest BCUT2D eigenvalue weighted by molar-refractivity contribution is -0.166. The van der Waals surface area contributed by atoms with Crippen molar-refractivity contribution in [3.05, 3.63) is 52.3 Å². The Morgan fingerprint density at radius 1 is 1.04 bits per heavy atom. The summed E-state index contributed by atoms with van der Waals surface area (Å²) >= 11 is 0. The Labute approximate surface area is 296 Å². The third-order valence-corrected chi connectivity index (χ3v) is 11.7. The smallest absolute Gasteiger partial charge is 0.251 e. The summed E-state index contributed by atoms with van der Waals surface area (Å²) < 4.78 is 5.42. The molecule has 4 N–H and O–H groups in total. The second-order valence-electron chi connectivity index (χ2n) is 14.8. The van der Waals surface area contributed by atoms with E-state index in [2.05, 4.69) is 37.6 Å². The predicted octanol–water partition coefficient (Wildman–Crippen LogP) is 3.08. The molecule has 3 aliphatic heterocycles. The molecule has 6 rings (SSSR count). The van der Waals surface area contributed by atoms with E-state index in [1.807, 2.05) is 43.0 Å². The number of aliphatic hydroxyl groups excluding tert-OH is 1.